The van der Waals surface area contributed by atoms with E-state index in [2.05, 4.69) is 10.6 Å². The lowest BCUT2D eigenvalue weighted by Crippen LogP contribution is -2.63. The summed E-state index contributed by atoms with van der Waals surface area (Å²) in [6, 6.07) is 13.2. The van der Waals surface area contributed by atoms with E-state index in [-0.39, 0.29) is 24.0 Å². The molecule has 38 heavy (non-hydrogen) atoms. The molecule has 1 aromatic heterocycles. The van der Waals surface area contributed by atoms with Gasteiger partial charge in [0.1, 0.15) is 12.1 Å². The highest BCUT2D eigenvalue weighted by Gasteiger charge is 2.41. The van der Waals surface area contributed by atoms with Crippen LogP contribution in [0.1, 0.15) is 42.7 Å². The number of hydrogen-bond acceptors (Lipinski definition) is 8. The van der Waals surface area contributed by atoms with E-state index in [1.54, 1.807) is 16.2 Å². The summed E-state index contributed by atoms with van der Waals surface area (Å²) in [7, 11) is 0. The molecule has 2 saturated heterocycles. The molecule has 2 aromatic rings. The monoisotopic (exact) mass is 538 g/mol. The molecule has 2 fully saturated rings. The molecule has 2 unspecified atom stereocenters. The summed E-state index contributed by atoms with van der Waals surface area (Å²) in [6.45, 7) is 5.63. The van der Waals surface area contributed by atoms with Crippen LogP contribution in [0, 0.1) is 5.92 Å². The van der Waals surface area contributed by atoms with E-state index >= 15 is 0 Å². The molecule has 0 spiro atoms. The number of rotatable bonds is 7. The number of piperidine rings is 1. The van der Waals surface area contributed by atoms with Crippen LogP contribution in [-0.4, -0.2) is 78.5 Å². The fraction of sp³-hybridized carbons (Fsp3) is 0.536. The molecular formula is C28H38N6O3S. The van der Waals surface area contributed by atoms with Gasteiger partial charge in [0.05, 0.1) is 25.2 Å². The zero-order valence-corrected chi connectivity index (χ0v) is 22.7. The Balaban J connectivity index is 1.28. The third-order valence-electron chi connectivity index (χ3n) is 7.73. The Kier molecular flexibility index (Phi) is 8.61. The smallest absolute Gasteiger partial charge is 0.288 e. The Morgan fingerprint density at radius 2 is 1.97 bits per heavy atom. The van der Waals surface area contributed by atoms with Crippen molar-refractivity contribution >= 4 is 29.2 Å². The number of ether oxygens (including phenoxy) is 1. The average Bonchev–Trinajstić information content (AvgIpc) is 3.62. The molecule has 0 saturated carbocycles. The van der Waals surface area contributed by atoms with E-state index in [4.69, 9.17) is 15.5 Å². The second-order valence-corrected chi connectivity index (χ2v) is 11.5. The van der Waals surface area contributed by atoms with Gasteiger partial charge in [-0.1, -0.05) is 36.4 Å². The molecule has 9 nitrogen and oxygen atoms in total. The first-order chi connectivity index (χ1) is 18.5. The summed E-state index contributed by atoms with van der Waals surface area (Å²) < 4.78 is 6.30. The van der Waals surface area contributed by atoms with Gasteiger partial charge >= 0.3 is 0 Å². The largest absolute Gasteiger partial charge is 0.455 e. The summed E-state index contributed by atoms with van der Waals surface area (Å²) in [5.74, 6) is 0.0984. The van der Waals surface area contributed by atoms with Crippen molar-refractivity contribution in [1.29, 1.82) is 0 Å². The average molecular weight is 539 g/mol. The number of hydrogen-bond donors (Lipinski definition) is 3. The molecule has 4 heterocycles. The number of carbonyl (C=O) groups is 2. The van der Waals surface area contributed by atoms with Gasteiger partial charge in [-0.05, 0) is 62.2 Å². The third kappa shape index (κ3) is 6.19. The first-order valence-electron chi connectivity index (χ1n) is 13.6. The molecule has 1 aromatic carbocycles. The van der Waals surface area contributed by atoms with Crippen LogP contribution < -0.4 is 16.4 Å². The predicted octanol–water partition coefficient (Wildman–Crippen LogP) is 2.11. The quantitative estimate of drug-likeness (QED) is 0.498. The standard InChI is InChI=1S/C28H38N6O3S/c1-19-25(21-6-3-2-4-7-21)37-28(32-19)33-13-14-34(27(36)23(29)16-20-9-11-30-12-10-20)24(18-33)26(35)31-17-22-8-5-15-38-22/h2-8,15,19-20,23-25,30H,9-14,16-18,29H2,1H3,(H,31,35)/t19-,23?,24?,25+/m0/s1. The number of aliphatic imine (C=N–C) groups is 1. The Morgan fingerprint density at radius 1 is 1.18 bits per heavy atom. The Bertz CT molecular complexity index is 1110. The SMILES string of the molecule is C[C@@H]1N=C(N2CCN(C(=O)C(N)CC3CCNCC3)C(C(=O)NCc3cccs3)C2)O[C@H]1c1ccccc1. The molecule has 2 amide bonds. The van der Waals surface area contributed by atoms with Gasteiger partial charge in [-0.15, -0.1) is 11.3 Å². The number of amidine groups is 1. The highest BCUT2D eigenvalue weighted by molar-refractivity contribution is 7.09. The molecule has 0 bridgehead atoms. The first kappa shape index (κ1) is 26.6. The van der Waals surface area contributed by atoms with Gasteiger partial charge in [-0.2, -0.15) is 0 Å². The minimum atomic E-state index is -0.673. The van der Waals surface area contributed by atoms with Crippen LogP contribution in [0.4, 0.5) is 0 Å². The van der Waals surface area contributed by atoms with Crippen LogP contribution in [-0.2, 0) is 20.9 Å². The van der Waals surface area contributed by atoms with Crippen molar-refractivity contribution in [1.82, 2.24) is 20.4 Å². The van der Waals surface area contributed by atoms with E-state index in [0.717, 1.165) is 36.4 Å². The summed E-state index contributed by atoms with van der Waals surface area (Å²) in [5, 5.41) is 8.38. The molecule has 4 atom stereocenters. The number of carbonyl (C=O) groups excluding carboxylic acids is 2. The fourth-order valence-corrected chi connectivity index (χ4v) is 6.21. The van der Waals surface area contributed by atoms with Gasteiger partial charge in [0.25, 0.3) is 6.02 Å². The highest BCUT2D eigenvalue weighted by Crippen LogP contribution is 2.30. The summed E-state index contributed by atoms with van der Waals surface area (Å²) >= 11 is 1.59. The number of nitrogens with two attached hydrogens (primary N) is 1. The van der Waals surface area contributed by atoms with E-state index < -0.39 is 12.1 Å². The fourth-order valence-electron chi connectivity index (χ4n) is 5.57. The van der Waals surface area contributed by atoms with E-state index in [1.165, 1.54) is 0 Å². The van der Waals surface area contributed by atoms with Gasteiger partial charge in [-0.3, -0.25) is 9.59 Å². The Morgan fingerprint density at radius 3 is 2.71 bits per heavy atom. The molecule has 5 rings (SSSR count). The molecule has 3 aliphatic rings. The molecule has 204 valence electrons. The van der Waals surface area contributed by atoms with Crippen LogP contribution in [0.2, 0.25) is 0 Å². The zero-order chi connectivity index (χ0) is 26.5. The highest BCUT2D eigenvalue weighted by atomic mass is 32.1. The molecular weight excluding hydrogens is 500 g/mol. The van der Waals surface area contributed by atoms with Crippen molar-refractivity contribution in [3.05, 3.63) is 58.3 Å². The van der Waals surface area contributed by atoms with Gasteiger partial charge in [0, 0.05) is 18.0 Å². The first-order valence-corrected chi connectivity index (χ1v) is 14.5. The van der Waals surface area contributed by atoms with Gasteiger partial charge in [0.2, 0.25) is 11.8 Å². The Hall–Kier alpha value is -2.95. The molecule has 3 aliphatic heterocycles. The van der Waals surface area contributed by atoms with Crippen molar-refractivity contribution < 1.29 is 14.3 Å². The van der Waals surface area contributed by atoms with Crippen LogP contribution in [0.25, 0.3) is 0 Å². The summed E-state index contributed by atoms with van der Waals surface area (Å²) in [6.07, 6.45) is 2.53. The van der Waals surface area contributed by atoms with Crippen molar-refractivity contribution in [2.45, 2.75) is 57.0 Å². The number of nitrogens with one attached hydrogen (secondary N) is 2. The number of amides is 2. The minimum Gasteiger partial charge on any atom is -0.455 e. The van der Waals surface area contributed by atoms with Crippen LogP contribution in [0.3, 0.4) is 0 Å². The number of piperazine rings is 1. The maximum Gasteiger partial charge on any atom is 0.288 e. The van der Waals surface area contributed by atoms with Crippen molar-refractivity contribution in [3.8, 4) is 0 Å². The van der Waals surface area contributed by atoms with Gasteiger partial charge < -0.3 is 30.9 Å². The lowest BCUT2D eigenvalue weighted by Gasteiger charge is -2.42. The Labute approximate surface area is 228 Å². The van der Waals surface area contributed by atoms with E-state index in [0.29, 0.717) is 44.5 Å². The normalized spacial score (nSPS) is 25.0. The lowest BCUT2D eigenvalue weighted by atomic mass is 9.90. The second kappa shape index (κ2) is 12.3. The molecule has 4 N–H and O–H groups in total. The molecule has 0 radical (unpaired) electrons. The lowest BCUT2D eigenvalue weighted by molar-refractivity contribution is -0.144. The minimum absolute atomic E-state index is 0.0448. The van der Waals surface area contributed by atoms with Crippen molar-refractivity contribution in [2.75, 3.05) is 32.7 Å². The van der Waals surface area contributed by atoms with Gasteiger partial charge in [-0.25, -0.2) is 4.99 Å². The van der Waals surface area contributed by atoms with Gasteiger partial charge in [0.15, 0.2) is 0 Å². The van der Waals surface area contributed by atoms with Crippen LogP contribution in [0.15, 0.2) is 52.8 Å². The van der Waals surface area contributed by atoms with Crippen LogP contribution in [0.5, 0.6) is 0 Å². The summed E-state index contributed by atoms with van der Waals surface area (Å²) in [4.78, 5) is 36.6. The second-order valence-electron chi connectivity index (χ2n) is 10.4. The maximum atomic E-state index is 13.6. The predicted molar refractivity (Wildman–Crippen MR) is 149 cm³/mol. The zero-order valence-electron chi connectivity index (χ0n) is 21.9. The molecule has 10 heteroatoms. The van der Waals surface area contributed by atoms with Crippen molar-refractivity contribution in [2.24, 2.45) is 16.6 Å². The van der Waals surface area contributed by atoms with Crippen LogP contribution >= 0.6 is 11.3 Å². The number of thiophene rings is 1. The number of benzene rings is 1. The maximum absolute atomic E-state index is 13.6. The van der Waals surface area contributed by atoms with Crippen molar-refractivity contribution in [3.63, 3.8) is 0 Å². The number of nitrogens with zero attached hydrogens (tertiary/aromatic N) is 3. The topological polar surface area (TPSA) is 112 Å². The summed E-state index contributed by atoms with van der Waals surface area (Å²) in [5.41, 5.74) is 7.52. The third-order valence-corrected chi connectivity index (χ3v) is 8.61. The molecule has 0 aliphatic carbocycles. The van der Waals surface area contributed by atoms with E-state index in [9.17, 15) is 9.59 Å². The van der Waals surface area contributed by atoms with E-state index in [1.807, 2.05) is 59.7 Å².